The fraction of sp³-hybridized carbons (Fsp3) is 0.375. The quantitative estimate of drug-likeness (QED) is 0.774. The van der Waals surface area contributed by atoms with Gasteiger partial charge >= 0.3 is 0 Å². The molecule has 2 aromatic carbocycles. The van der Waals surface area contributed by atoms with Gasteiger partial charge in [0, 0.05) is 25.3 Å². The minimum atomic E-state index is -0.0122. The number of benzene rings is 2. The fourth-order valence-electron chi connectivity index (χ4n) is 4.15. The molecule has 0 bridgehead atoms. The van der Waals surface area contributed by atoms with Gasteiger partial charge in [0.05, 0.1) is 19.3 Å². The van der Waals surface area contributed by atoms with Crippen LogP contribution in [0.4, 0.5) is 5.69 Å². The van der Waals surface area contributed by atoms with Gasteiger partial charge in [0.2, 0.25) is 17.7 Å². The number of carbonyl (C=O) groups is 3. The lowest BCUT2D eigenvalue weighted by Crippen LogP contribution is -2.42. The van der Waals surface area contributed by atoms with Gasteiger partial charge < -0.3 is 15.5 Å². The molecule has 2 N–H and O–H groups in total. The van der Waals surface area contributed by atoms with E-state index in [0.29, 0.717) is 31.7 Å². The Morgan fingerprint density at radius 1 is 1.00 bits per heavy atom. The van der Waals surface area contributed by atoms with Gasteiger partial charge in [0.25, 0.3) is 0 Å². The second-order valence-corrected chi connectivity index (χ2v) is 8.18. The maximum absolute atomic E-state index is 12.5. The van der Waals surface area contributed by atoms with Crippen molar-refractivity contribution >= 4 is 23.4 Å². The first kappa shape index (κ1) is 20.1. The molecule has 1 saturated heterocycles. The van der Waals surface area contributed by atoms with Crippen LogP contribution in [0.1, 0.15) is 29.5 Å². The van der Waals surface area contributed by atoms with Crippen LogP contribution >= 0.6 is 0 Å². The fourth-order valence-corrected chi connectivity index (χ4v) is 4.15. The van der Waals surface area contributed by atoms with Gasteiger partial charge in [-0.2, -0.15) is 0 Å². The van der Waals surface area contributed by atoms with Gasteiger partial charge in [0.1, 0.15) is 0 Å². The highest BCUT2D eigenvalue weighted by molar-refractivity contribution is 5.99. The monoisotopic (exact) mass is 405 g/mol. The third kappa shape index (κ3) is 5.06. The van der Waals surface area contributed by atoms with Crippen molar-refractivity contribution in [3.05, 3.63) is 65.2 Å². The molecule has 6 nitrogen and oxygen atoms in total. The number of hydrogen-bond acceptors (Lipinski definition) is 3. The van der Waals surface area contributed by atoms with Crippen LogP contribution in [0, 0.1) is 5.92 Å². The maximum atomic E-state index is 12.5. The number of carbonyl (C=O) groups excluding carboxylic acids is 3. The van der Waals surface area contributed by atoms with Crippen LogP contribution in [-0.2, 0) is 33.6 Å². The zero-order valence-electron chi connectivity index (χ0n) is 17.0. The van der Waals surface area contributed by atoms with E-state index in [1.807, 2.05) is 53.4 Å². The first-order valence-electron chi connectivity index (χ1n) is 10.6. The van der Waals surface area contributed by atoms with E-state index in [-0.39, 0.29) is 17.7 Å². The molecule has 2 aliphatic rings. The predicted octanol–water partition coefficient (Wildman–Crippen LogP) is 2.32. The number of hydrogen-bond donors (Lipinski definition) is 2. The zero-order valence-corrected chi connectivity index (χ0v) is 17.0. The average Bonchev–Trinajstić information content (AvgIpc) is 3.12. The third-order valence-electron chi connectivity index (χ3n) is 5.92. The topological polar surface area (TPSA) is 78.5 Å². The van der Waals surface area contributed by atoms with Crippen molar-refractivity contribution in [3.8, 4) is 0 Å². The second kappa shape index (κ2) is 9.11. The number of rotatable bonds is 6. The molecule has 4 rings (SSSR count). The Balaban J connectivity index is 1.18. The first-order valence-corrected chi connectivity index (χ1v) is 10.6. The summed E-state index contributed by atoms with van der Waals surface area (Å²) in [6.45, 7) is 2.13. The lowest BCUT2D eigenvalue weighted by Gasteiger charge is -2.32. The van der Waals surface area contributed by atoms with Crippen LogP contribution in [0.3, 0.4) is 0 Å². The van der Waals surface area contributed by atoms with E-state index in [0.717, 1.165) is 48.3 Å². The molecule has 0 saturated carbocycles. The van der Waals surface area contributed by atoms with Crippen molar-refractivity contribution in [2.24, 2.45) is 5.92 Å². The minimum Gasteiger partial charge on any atom is -0.356 e. The molecular weight excluding hydrogens is 378 g/mol. The summed E-state index contributed by atoms with van der Waals surface area (Å²) < 4.78 is 0. The van der Waals surface area contributed by atoms with Crippen LogP contribution in [0.5, 0.6) is 0 Å². The number of amides is 3. The largest absolute Gasteiger partial charge is 0.356 e. The summed E-state index contributed by atoms with van der Waals surface area (Å²) in [6, 6.07) is 15.5. The molecule has 0 radical (unpaired) electrons. The van der Waals surface area contributed by atoms with E-state index >= 15 is 0 Å². The summed E-state index contributed by atoms with van der Waals surface area (Å²) in [5.74, 6) is 0.559. The Hall–Kier alpha value is -3.15. The molecule has 2 heterocycles. The number of likely N-dealkylation sites (tertiary alicyclic amines) is 1. The summed E-state index contributed by atoms with van der Waals surface area (Å²) in [5.41, 5.74) is 3.74. The normalized spacial score (nSPS) is 16.1. The smallest absolute Gasteiger partial charge is 0.228 e. The van der Waals surface area contributed by atoms with Crippen LogP contribution in [-0.4, -0.2) is 42.3 Å². The standard InChI is InChI=1S/C24H27N3O3/c28-22(13-19-6-7-20-15-23(29)26-21(20)12-19)25-16-18-8-10-27(11-9-18)24(30)14-17-4-2-1-3-5-17/h1-7,12,18H,8-11,13-16H2,(H,25,28)(H,26,29). The molecular formula is C24H27N3O3. The van der Waals surface area contributed by atoms with Gasteiger partial charge in [-0.05, 0) is 41.5 Å². The van der Waals surface area contributed by atoms with Crippen molar-refractivity contribution in [1.29, 1.82) is 0 Å². The number of nitrogens with one attached hydrogen (secondary N) is 2. The van der Waals surface area contributed by atoms with E-state index in [4.69, 9.17) is 0 Å². The first-order chi connectivity index (χ1) is 14.6. The Morgan fingerprint density at radius 2 is 1.77 bits per heavy atom. The van der Waals surface area contributed by atoms with E-state index in [9.17, 15) is 14.4 Å². The van der Waals surface area contributed by atoms with Gasteiger partial charge in [-0.15, -0.1) is 0 Å². The predicted molar refractivity (Wildman–Crippen MR) is 115 cm³/mol. The van der Waals surface area contributed by atoms with Crippen molar-refractivity contribution < 1.29 is 14.4 Å². The number of fused-ring (bicyclic) bond motifs is 1. The van der Waals surface area contributed by atoms with Crippen LogP contribution in [0.2, 0.25) is 0 Å². The van der Waals surface area contributed by atoms with Crippen molar-refractivity contribution in [3.63, 3.8) is 0 Å². The SMILES string of the molecule is O=C(Cc1ccc2c(c1)NC(=O)C2)NCC1CCN(C(=O)Cc2ccccc2)CC1. The molecule has 0 aromatic heterocycles. The summed E-state index contributed by atoms with van der Waals surface area (Å²) in [4.78, 5) is 38.2. The van der Waals surface area contributed by atoms with Crippen molar-refractivity contribution in [1.82, 2.24) is 10.2 Å². The highest BCUT2D eigenvalue weighted by Gasteiger charge is 2.23. The summed E-state index contributed by atoms with van der Waals surface area (Å²) >= 11 is 0. The summed E-state index contributed by atoms with van der Waals surface area (Å²) in [6.07, 6.45) is 2.98. The lowest BCUT2D eigenvalue weighted by molar-refractivity contribution is -0.132. The van der Waals surface area contributed by atoms with Crippen LogP contribution in [0.15, 0.2) is 48.5 Å². The molecule has 0 unspecified atom stereocenters. The maximum Gasteiger partial charge on any atom is 0.228 e. The molecule has 2 aliphatic heterocycles. The van der Waals surface area contributed by atoms with Crippen LogP contribution in [0.25, 0.3) is 0 Å². The molecule has 0 spiro atoms. The Labute approximate surface area is 176 Å². The van der Waals surface area contributed by atoms with E-state index in [1.165, 1.54) is 0 Å². The molecule has 3 amide bonds. The number of nitrogens with zero attached hydrogens (tertiary/aromatic N) is 1. The molecule has 156 valence electrons. The lowest BCUT2D eigenvalue weighted by atomic mass is 9.96. The third-order valence-corrected chi connectivity index (χ3v) is 5.92. The molecule has 6 heteroatoms. The average molecular weight is 405 g/mol. The van der Waals surface area contributed by atoms with E-state index < -0.39 is 0 Å². The molecule has 1 fully saturated rings. The summed E-state index contributed by atoms with van der Waals surface area (Å²) in [7, 11) is 0. The Bertz CT molecular complexity index is 934. The molecule has 0 atom stereocenters. The number of anilines is 1. The molecule has 2 aromatic rings. The van der Waals surface area contributed by atoms with Crippen LogP contribution < -0.4 is 10.6 Å². The van der Waals surface area contributed by atoms with Crippen molar-refractivity contribution in [2.45, 2.75) is 32.1 Å². The van der Waals surface area contributed by atoms with Gasteiger partial charge in [-0.3, -0.25) is 14.4 Å². The van der Waals surface area contributed by atoms with Crippen molar-refractivity contribution in [2.75, 3.05) is 25.0 Å². The summed E-state index contributed by atoms with van der Waals surface area (Å²) in [5, 5.41) is 5.85. The Kier molecular flexibility index (Phi) is 6.12. The molecule has 0 aliphatic carbocycles. The van der Waals surface area contributed by atoms with E-state index in [2.05, 4.69) is 10.6 Å². The molecule has 30 heavy (non-hydrogen) atoms. The highest BCUT2D eigenvalue weighted by Crippen LogP contribution is 2.24. The van der Waals surface area contributed by atoms with Gasteiger partial charge in [-0.1, -0.05) is 42.5 Å². The highest BCUT2D eigenvalue weighted by atomic mass is 16.2. The second-order valence-electron chi connectivity index (χ2n) is 8.18. The zero-order chi connectivity index (χ0) is 20.9. The van der Waals surface area contributed by atoms with Gasteiger partial charge in [0.15, 0.2) is 0 Å². The van der Waals surface area contributed by atoms with Gasteiger partial charge in [-0.25, -0.2) is 0 Å². The van der Waals surface area contributed by atoms with E-state index in [1.54, 1.807) is 0 Å². The minimum absolute atomic E-state index is 0.000180. The number of piperidine rings is 1. The Morgan fingerprint density at radius 3 is 2.53 bits per heavy atom.